The summed E-state index contributed by atoms with van der Waals surface area (Å²) >= 11 is 0. The zero-order valence-electron chi connectivity index (χ0n) is 14.0. The van der Waals surface area contributed by atoms with Gasteiger partial charge in [-0.2, -0.15) is 0 Å². The molecule has 3 aromatic rings. The predicted molar refractivity (Wildman–Crippen MR) is 94.2 cm³/mol. The van der Waals surface area contributed by atoms with Crippen molar-refractivity contribution in [2.75, 3.05) is 7.05 Å². The van der Waals surface area contributed by atoms with E-state index in [0.717, 1.165) is 16.5 Å². The first-order chi connectivity index (χ1) is 11.5. The number of amides is 1. The molecular weight excluding hydrogens is 302 g/mol. The number of aryl methyl sites for hydroxylation is 2. The molecule has 0 radical (unpaired) electrons. The van der Waals surface area contributed by atoms with Gasteiger partial charge in [-0.1, -0.05) is 42.0 Å². The SMILES string of the molecule is Cc1ccc(CN(C)C(=O)c2cc3ccccc3oc2=O)c(C)c1. The molecule has 0 aliphatic carbocycles. The first-order valence-electron chi connectivity index (χ1n) is 7.80. The number of hydrogen-bond acceptors (Lipinski definition) is 3. The minimum absolute atomic E-state index is 0.0564. The monoisotopic (exact) mass is 321 g/mol. The summed E-state index contributed by atoms with van der Waals surface area (Å²) in [6.45, 7) is 4.49. The van der Waals surface area contributed by atoms with E-state index < -0.39 is 5.63 Å². The molecule has 4 nitrogen and oxygen atoms in total. The maximum absolute atomic E-state index is 12.7. The molecule has 0 aliphatic rings. The van der Waals surface area contributed by atoms with E-state index >= 15 is 0 Å². The van der Waals surface area contributed by atoms with Crippen LogP contribution in [0.3, 0.4) is 0 Å². The molecule has 1 amide bonds. The smallest absolute Gasteiger partial charge is 0.349 e. The lowest BCUT2D eigenvalue weighted by molar-refractivity contribution is 0.0781. The molecule has 0 unspecified atom stereocenters. The highest BCUT2D eigenvalue weighted by Gasteiger charge is 2.18. The van der Waals surface area contributed by atoms with Crippen molar-refractivity contribution in [3.8, 4) is 0 Å². The molecule has 0 fully saturated rings. The van der Waals surface area contributed by atoms with Crippen LogP contribution in [0.5, 0.6) is 0 Å². The molecular formula is C20H19NO3. The van der Waals surface area contributed by atoms with E-state index in [1.54, 1.807) is 30.1 Å². The Hall–Kier alpha value is -2.88. The fourth-order valence-corrected chi connectivity index (χ4v) is 2.77. The second kappa shape index (κ2) is 6.32. The van der Waals surface area contributed by atoms with Gasteiger partial charge in [-0.05, 0) is 37.1 Å². The van der Waals surface area contributed by atoms with Gasteiger partial charge >= 0.3 is 5.63 Å². The van der Waals surface area contributed by atoms with Gasteiger partial charge in [0.25, 0.3) is 5.91 Å². The third kappa shape index (κ3) is 3.08. The highest BCUT2D eigenvalue weighted by molar-refractivity contribution is 5.96. The molecule has 1 aromatic heterocycles. The summed E-state index contributed by atoms with van der Waals surface area (Å²) in [6.07, 6.45) is 0. The van der Waals surface area contributed by atoms with E-state index in [1.807, 2.05) is 38.1 Å². The topological polar surface area (TPSA) is 50.5 Å². The van der Waals surface area contributed by atoms with Crippen LogP contribution in [0.1, 0.15) is 27.0 Å². The quantitative estimate of drug-likeness (QED) is 0.691. The molecule has 0 saturated carbocycles. The number of nitrogens with zero attached hydrogens (tertiary/aromatic N) is 1. The highest BCUT2D eigenvalue weighted by Crippen LogP contribution is 2.16. The molecule has 1 heterocycles. The number of rotatable bonds is 3. The van der Waals surface area contributed by atoms with Crippen LogP contribution in [0.2, 0.25) is 0 Å². The maximum atomic E-state index is 12.7. The first-order valence-corrected chi connectivity index (χ1v) is 7.80. The van der Waals surface area contributed by atoms with Gasteiger partial charge in [-0.3, -0.25) is 4.79 Å². The predicted octanol–water partition coefficient (Wildman–Crippen LogP) is 3.68. The Kier molecular flexibility index (Phi) is 4.21. The number of carbonyl (C=O) groups is 1. The van der Waals surface area contributed by atoms with Crippen molar-refractivity contribution in [3.05, 3.63) is 81.2 Å². The number of para-hydroxylation sites is 1. The summed E-state index contributed by atoms with van der Waals surface area (Å²) in [5.74, 6) is -0.338. The number of carbonyl (C=O) groups excluding carboxylic acids is 1. The summed E-state index contributed by atoms with van der Waals surface area (Å²) in [6, 6.07) is 14.9. The Morgan fingerprint density at radius 1 is 1.08 bits per heavy atom. The highest BCUT2D eigenvalue weighted by atomic mass is 16.4. The Balaban J connectivity index is 1.90. The summed E-state index contributed by atoms with van der Waals surface area (Å²) in [5, 5.41) is 0.736. The van der Waals surface area contributed by atoms with E-state index in [2.05, 4.69) is 6.07 Å². The van der Waals surface area contributed by atoms with Crippen molar-refractivity contribution in [2.45, 2.75) is 20.4 Å². The average Bonchev–Trinajstić information content (AvgIpc) is 2.56. The van der Waals surface area contributed by atoms with Crippen molar-refractivity contribution >= 4 is 16.9 Å². The summed E-state index contributed by atoms with van der Waals surface area (Å²) in [5.41, 5.74) is 3.30. The number of hydrogen-bond donors (Lipinski definition) is 0. The van der Waals surface area contributed by atoms with Crippen molar-refractivity contribution < 1.29 is 9.21 Å². The molecule has 24 heavy (non-hydrogen) atoms. The van der Waals surface area contributed by atoms with Gasteiger partial charge in [-0.25, -0.2) is 4.79 Å². The Morgan fingerprint density at radius 3 is 2.58 bits per heavy atom. The zero-order chi connectivity index (χ0) is 17.3. The normalized spacial score (nSPS) is 10.8. The molecule has 4 heteroatoms. The number of benzene rings is 2. The van der Waals surface area contributed by atoms with Crippen molar-refractivity contribution in [2.24, 2.45) is 0 Å². The van der Waals surface area contributed by atoms with E-state index in [1.165, 1.54) is 5.56 Å². The van der Waals surface area contributed by atoms with Crippen molar-refractivity contribution in [1.82, 2.24) is 4.90 Å². The lowest BCUT2D eigenvalue weighted by Gasteiger charge is -2.18. The molecule has 0 spiro atoms. The van der Waals surface area contributed by atoms with Crippen molar-refractivity contribution in [3.63, 3.8) is 0 Å². The summed E-state index contributed by atoms with van der Waals surface area (Å²) in [7, 11) is 1.69. The van der Waals surface area contributed by atoms with Crippen LogP contribution in [0.4, 0.5) is 0 Å². The Morgan fingerprint density at radius 2 is 1.83 bits per heavy atom. The second-order valence-corrected chi connectivity index (χ2v) is 6.08. The first kappa shape index (κ1) is 16.0. The molecule has 0 aliphatic heterocycles. The van der Waals surface area contributed by atoms with Gasteiger partial charge in [0, 0.05) is 19.0 Å². The minimum Gasteiger partial charge on any atom is -0.422 e. The molecule has 0 bridgehead atoms. The molecule has 122 valence electrons. The van der Waals surface area contributed by atoms with E-state index in [9.17, 15) is 9.59 Å². The summed E-state index contributed by atoms with van der Waals surface area (Å²) < 4.78 is 5.25. The van der Waals surface area contributed by atoms with E-state index in [4.69, 9.17) is 4.42 Å². The van der Waals surface area contributed by atoms with Crippen LogP contribution >= 0.6 is 0 Å². The van der Waals surface area contributed by atoms with Gasteiger partial charge < -0.3 is 9.32 Å². The van der Waals surface area contributed by atoms with Crippen LogP contribution in [-0.2, 0) is 6.54 Å². The molecule has 0 N–H and O–H groups in total. The van der Waals surface area contributed by atoms with Gasteiger partial charge in [-0.15, -0.1) is 0 Å². The standard InChI is InChI=1S/C20H19NO3/c1-13-8-9-16(14(2)10-13)12-21(3)19(22)17-11-15-6-4-5-7-18(15)24-20(17)23/h4-11H,12H2,1-3H3. The number of fused-ring (bicyclic) bond motifs is 1. The van der Waals surface area contributed by atoms with E-state index in [-0.39, 0.29) is 11.5 Å². The lowest BCUT2D eigenvalue weighted by atomic mass is 10.1. The lowest BCUT2D eigenvalue weighted by Crippen LogP contribution is -2.30. The second-order valence-electron chi connectivity index (χ2n) is 6.08. The third-order valence-electron chi connectivity index (χ3n) is 4.12. The molecule has 0 atom stereocenters. The fraction of sp³-hybridized carbons (Fsp3) is 0.200. The minimum atomic E-state index is -0.605. The fourth-order valence-electron chi connectivity index (χ4n) is 2.77. The van der Waals surface area contributed by atoms with Crippen LogP contribution in [0.25, 0.3) is 11.0 Å². The van der Waals surface area contributed by atoms with E-state index in [0.29, 0.717) is 12.1 Å². The van der Waals surface area contributed by atoms with Gasteiger partial charge in [0.15, 0.2) is 0 Å². The summed E-state index contributed by atoms with van der Waals surface area (Å²) in [4.78, 5) is 26.3. The van der Waals surface area contributed by atoms with Crippen LogP contribution < -0.4 is 5.63 Å². The van der Waals surface area contributed by atoms with Crippen molar-refractivity contribution in [1.29, 1.82) is 0 Å². The third-order valence-corrected chi connectivity index (χ3v) is 4.12. The zero-order valence-corrected chi connectivity index (χ0v) is 14.0. The Labute approximate surface area is 140 Å². The van der Waals surface area contributed by atoms with Gasteiger partial charge in [0.1, 0.15) is 11.1 Å². The van der Waals surface area contributed by atoms with Crippen LogP contribution in [0.15, 0.2) is 57.7 Å². The molecule has 3 rings (SSSR count). The average molecular weight is 321 g/mol. The van der Waals surface area contributed by atoms with Gasteiger partial charge in [0.05, 0.1) is 0 Å². The van der Waals surface area contributed by atoms with Crippen LogP contribution in [0, 0.1) is 13.8 Å². The molecule has 2 aromatic carbocycles. The largest absolute Gasteiger partial charge is 0.422 e. The van der Waals surface area contributed by atoms with Gasteiger partial charge in [0.2, 0.25) is 0 Å². The van der Waals surface area contributed by atoms with Crippen LogP contribution in [-0.4, -0.2) is 17.9 Å². The molecule has 0 saturated heterocycles. The maximum Gasteiger partial charge on any atom is 0.349 e. The Bertz CT molecular complexity index is 972.